The molecule has 19 heteroatoms. The molecule has 3 aliphatic rings. The molecule has 1 saturated heterocycles. The van der Waals surface area contributed by atoms with Crippen LogP contribution in [0.3, 0.4) is 0 Å². The van der Waals surface area contributed by atoms with E-state index in [1.807, 2.05) is 91.0 Å². The van der Waals surface area contributed by atoms with Crippen LogP contribution in [0, 0.1) is 0 Å². The van der Waals surface area contributed by atoms with E-state index in [1.165, 1.54) is 4.68 Å². The quantitative estimate of drug-likeness (QED) is 0.0945. The summed E-state index contributed by atoms with van der Waals surface area (Å²) in [5.74, 6) is 2.69. The van der Waals surface area contributed by atoms with Gasteiger partial charge in [0.1, 0.15) is 71.2 Å². The van der Waals surface area contributed by atoms with Crippen molar-refractivity contribution in [2.45, 2.75) is 37.1 Å². The predicted molar refractivity (Wildman–Crippen MR) is 236 cm³/mol. The Labute approximate surface area is 368 Å². The van der Waals surface area contributed by atoms with Crippen molar-refractivity contribution in [1.29, 1.82) is 0 Å². The molecule has 0 saturated carbocycles. The first-order chi connectivity index (χ1) is 31.9. The Morgan fingerprint density at radius 1 is 0.554 bits per heavy atom. The number of aliphatic hydroxyl groups is 4. The highest BCUT2D eigenvalue weighted by Gasteiger charge is 2.45. The summed E-state index contributed by atoms with van der Waals surface area (Å²) in [7, 11) is 0. The van der Waals surface area contributed by atoms with Crippen molar-refractivity contribution in [3.63, 3.8) is 0 Å². The van der Waals surface area contributed by atoms with Gasteiger partial charge in [-0.2, -0.15) is 0 Å². The number of aliphatic hydroxyl groups excluding tert-OH is 4. The van der Waals surface area contributed by atoms with E-state index in [2.05, 4.69) is 20.3 Å². The van der Waals surface area contributed by atoms with E-state index in [0.717, 1.165) is 43.8 Å². The molecule has 19 nitrogen and oxygen atoms in total. The lowest BCUT2D eigenvalue weighted by atomic mass is 9.94. The Bertz CT molecular complexity index is 3240. The topological polar surface area (TPSA) is 257 Å². The highest BCUT2D eigenvalue weighted by atomic mass is 16.6. The molecule has 4 aromatic carbocycles. The van der Waals surface area contributed by atoms with E-state index in [0.29, 0.717) is 84.6 Å². The van der Waals surface area contributed by atoms with Crippen molar-refractivity contribution in [2.24, 2.45) is 0 Å². The van der Waals surface area contributed by atoms with Crippen molar-refractivity contribution < 1.29 is 39.4 Å². The van der Waals surface area contributed by atoms with Crippen LogP contribution >= 0.6 is 0 Å². The number of aromatic nitrogens is 11. The molecule has 65 heavy (non-hydrogen) atoms. The second-order valence-electron chi connectivity index (χ2n) is 15.7. The van der Waals surface area contributed by atoms with Gasteiger partial charge in [-0.25, -0.2) is 34.6 Å². The maximum atomic E-state index is 10.4. The summed E-state index contributed by atoms with van der Waals surface area (Å²) < 4.78 is 24.7. The Morgan fingerprint density at radius 2 is 1.06 bits per heavy atom. The monoisotopic (exact) mass is 875 g/mol. The fraction of sp³-hybridized carbons (Fsp3) is 0.261. The normalized spacial score (nSPS) is 19.1. The molecular weight excluding hydrogens is 835 g/mol. The number of aromatic amines is 2. The summed E-state index contributed by atoms with van der Waals surface area (Å²) in [5.41, 5.74) is 6.06. The molecule has 0 radical (unpaired) electrons. The van der Waals surface area contributed by atoms with Gasteiger partial charge in [-0.15, -0.1) is 5.10 Å². The van der Waals surface area contributed by atoms with Crippen LogP contribution in [-0.2, 0) is 20.8 Å². The summed E-state index contributed by atoms with van der Waals surface area (Å²) in [4.78, 5) is 37.2. The molecule has 4 aromatic heterocycles. The fourth-order valence-corrected chi connectivity index (χ4v) is 8.31. The summed E-state index contributed by atoms with van der Waals surface area (Å²) in [6, 6.07) is 29.6. The van der Waals surface area contributed by atoms with Gasteiger partial charge < -0.3 is 49.3 Å². The Morgan fingerprint density at radius 3 is 1.63 bits per heavy atom. The average molecular weight is 876 g/mol. The number of benzene rings is 4. The second-order valence-corrected chi connectivity index (χ2v) is 15.7. The van der Waals surface area contributed by atoms with Crippen molar-refractivity contribution in [2.75, 3.05) is 39.6 Å². The van der Waals surface area contributed by atoms with Crippen LogP contribution in [0.4, 0.5) is 0 Å². The molecule has 3 aliphatic heterocycles. The lowest BCUT2D eigenvalue weighted by Crippen LogP contribution is -2.55. The van der Waals surface area contributed by atoms with Gasteiger partial charge in [0.15, 0.2) is 23.3 Å². The van der Waals surface area contributed by atoms with Crippen molar-refractivity contribution in [3.05, 3.63) is 103 Å². The molecule has 8 aromatic rings. The van der Waals surface area contributed by atoms with E-state index >= 15 is 0 Å². The zero-order valence-electron chi connectivity index (χ0n) is 34.5. The van der Waals surface area contributed by atoms with Crippen molar-refractivity contribution in [3.8, 4) is 51.3 Å². The Balaban J connectivity index is 0.815. The summed E-state index contributed by atoms with van der Waals surface area (Å²) in [6.07, 6.45) is -4.92. The van der Waals surface area contributed by atoms with E-state index in [1.54, 1.807) is 6.20 Å². The van der Waals surface area contributed by atoms with Gasteiger partial charge in [0.25, 0.3) is 0 Å². The third kappa shape index (κ3) is 7.63. The molecule has 7 heterocycles. The first-order valence-electron chi connectivity index (χ1n) is 21.1. The molecule has 5 atom stereocenters. The first-order valence-corrected chi connectivity index (χ1v) is 21.1. The van der Waals surface area contributed by atoms with Crippen LogP contribution in [0.25, 0.3) is 89.7 Å². The number of ether oxygens (including phenoxy) is 4. The van der Waals surface area contributed by atoms with Gasteiger partial charge >= 0.3 is 0 Å². The number of fused-ring (bicyclic) bond motifs is 20. The predicted octanol–water partition coefficient (Wildman–Crippen LogP) is 4.09. The van der Waals surface area contributed by atoms with Crippen LogP contribution in [0.15, 0.2) is 97.2 Å². The van der Waals surface area contributed by atoms with E-state index in [4.69, 9.17) is 48.9 Å². The summed E-state index contributed by atoms with van der Waals surface area (Å²) in [5, 5.41) is 51.5. The molecule has 0 spiro atoms. The molecule has 0 unspecified atom stereocenters. The molecule has 11 rings (SSSR count). The first kappa shape index (κ1) is 40.7. The molecule has 0 amide bonds. The number of hydrogen-bond donors (Lipinski definition) is 6. The van der Waals surface area contributed by atoms with Crippen LogP contribution in [0.1, 0.15) is 11.8 Å². The molecule has 8 bridgehead atoms. The molecule has 0 aliphatic carbocycles. The van der Waals surface area contributed by atoms with Gasteiger partial charge in [-0.3, -0.25) is 0 Å². The zero-order chi connectivity index (χ0) is 44.0. The third-order valence-electron chi connectivity index (χ3n) is 11.6. The fourth-order valence-electron chi connectivity index (χ4n) is 8.31. The minimum atomic E-state index is -1.50. The molecular formula is C46H41N11O8. The highest BCUT2D eigenvalue weighted by Crippen LogP contribution is 2.37. The van der Waals surface area contributed by atoms with E-state index in [9.17, 15) is 20.4 Å². The molecule has 328 valence electrons. The standard InChI is InChI=1S/C46H41N11O8/c58-23-34-35(59)36(60)37(61)38(65-34)33-22-57(56-55-33)15-16-62-17-18-63-19-20-64-24-13-14-31-32(21-24)46-53-44-30-12-6-5-11-29(30)42(51-44)49-40-26-8-2-1-7-25(26)39(47-40)48-41-27-9-3-4-10-28(27)43(50-41)52-45(31)54-46/h1-14,21-22,34-38,58-61H,15-20,23H2,(H2,47,48,49,50,51,52,53,54)/t34-,35-,36+,37-,38+/m1/s1. The highest BCUT2D eigenvalue weighted by molar-refractivity contribution is 6.06. The number of H-pyrrole nitrogens is 2. The van der Waals surface area contributed by atoms with Crippen LogP contribution in [-0.4, -0.2) is 139 Å². The summed E-state index contributed by atoms with van der Waals surface area (Å²) >= 11 is 0. The maximum absolute atomic E-state index is 10.4. The van der Waals surface area contributed by atoms with Crippen LogP contribution in [0.2, 0.25) is 0 Å². The Kier molecular flexibility index (Phi) is 10.7. The van der Waals surface area contributed by atoms with Gasteiger partial charge in [0.2, 0.25) is 0 Å². The van der Waals surface area contributed by atoms with Gasteiger partial charge in [-0.1, -0.05) is 78.0 Å². The zero-order valence-corrected chi connectivity index (χ0v) is 34.5. The maximum Gasteiger partial charge on any atom is 0.164 e. The summed E-state index contributed by atoms with van der Waals surface area (Å²) in [6.45, 7) is 1.39. The van der Waals surface area contributed by atoms with Crippen LogP contribution < -0.4 is 4.74 Å². The van der Waals surface area contributed by atoms with E-state index < -0.39 is 37.1 Å². The number of rotatable bonds is 12. The van der Waals surface area contributed by atoms with Crippen molar-refractivity contribution in [1.82, 2.24) is 54.9 Å². The SMILES string of the molecule is OC[C@H]1O[C@@H](c2cn(CCOCCOCCOc3ccc4c5nc6nc(nc7[nH]c(nc8nc(nc([nH]5)c4c3)-c3ccccc3-8)c3ccccc73)-c3ccccc3-6)nn2)[C@H](O)[C@@H](O)[C@@H]1O. The van der Waals surface area contributed by atoms with Crippen LogP contribution in [0.5, 0.6) is 5.75 Å². The van der Waals surface area contributed by atoms with E-state index in [-0.39, 0.29) is 12.3 Å². The van der Waals surface area contributed by atoms with Gasteiger partial charge in [0, 0.05) is 43.8 Å². The number of nitrogens with one attached hydrogen (secondary N) is 2. The average Bonchev–Trinajstić information content (AvgIpc) is 4.16. The number of hydrogen-bond acceptors (Lipinski definition) is 16. The smallest absolute Gasteiger partial charge is 0.164 e. The minimum absolute atomic E-state index is 0.259. The van der Waals surface area contributed by atoms with Gasteiger partial charge in [-0.05, 0) is 18.2 Å². The second kappa shape index (κ2) is 17.1. The lowest BCUT2D eigenvalue weighted by molar-refractivity contribution is -0.232. The lowest BCUT2D eigenvalue weighted by Gasteiger charge is -2.39. The Hall–Kier alpha value is -7.10. The van der Waals surface area contributed by atoms with Gasteiger partial charge in [0.05, 0.1) is 45.8 Å². The minimum Gasteiger partial charge on any atom is -0.491 e. The largest absolute Gasteiger partial charge is 0.491 e. The number of nitrogens with zero attached hydrogens (tertiary/aromatic N) is 9. The van der Waals surface area contributed by atoms with Crippen molar-refractivity contribution >= 4 is 44.1 Å². The third-order valence-corrected chi connectivity index (χ3v) is 11.6. The molecule has 6 N–H and O–H groups in total. The molecule has 1 fully saturated rings.